The van der Waals surface area contributed by atoms with Gasteiger partial charge in [0.05, 0.1) is 11.9 Å². The van der Waals surface area contributed by atoms with E-state index < -0.39 is 5.76 Å². The van der Waals surface area contributed by atoms with Crippen molar-refractivity contribution >= 4 is 22.9 Å². The van der Waals surface area contributed by atoms with E-state index in [2.05, 4.69) is 4.98 Å². The predicted molar refractivity (Wildman–Crippen MR) is 93.2 cm³/mol. The molecule has 0 spiro atoms. The number of benzene rings is 1. The fourth-order valence-corrected chi connectivity index (χ4v) is 3.15. The second-order valence-corrected chi connectivity index (χ2v) is 6.74. The first-order valence-electron chi connectivity index (χ1n) is 8.62. The van der Waals surface area contributed by atoms with Gasteiger partial charge in [-0.15, -0.1) is 0 Å². The number of aromatic amines is 1. The molecule has 0 radical (unpaired) electrons. The molecule has 1 aromatic heterocycles. The van der Waals surface area contributed by atoms with Crippen LogP contribution in [0.15, 0.2) is 27.4 Å². The molecule has 3 rings (SSSR count). The van der Waals surface area contributed by atoms with Crippen LogP contribution in [0.25, 0.3) is 11.1 Å². The molecule has 7 heteroatoms. The van der Waals surface area contributed by atoms with Crippen molar-refractivity contribution in [1.82, 2.24) is 14.8 Å². The van der Waals surface area contributed by atoms with Gasteiger partial charge in [-0.25, -0.2) is 4.79 Å². The lowest BCUT2D eigenvalue weighted by atomic mass is 10.1. The standard InChI is InChI=1S/C18H23N3O4/c1-12(2)17(23)21-7-3-6-20(8-9-21)16(22)11-13-4-5-15-14(10-13)19-18(24)25-15/h4-5,10,12H,3,6-9,11H2,1-2H3,(H,19,24). The maximum absolute atomic E-state index is 12.6. The fourth-order valence-electron chi connectivity index (χ4n) is 3.15. The van der Waals surface area contributed by atoms with Gasteiger partial charge in [0.25, 0.3) is 0 Å². The molecule has 1 N–H and O–H groups in total. The van der Waals surface area contributed by atoms with E-state index in [0.29, 0.717) is 37.3 Å². The summed E-state index contributed by atoms with van der Waals surface area (Å²) in [6.45, 7) is 6.28. The van der Waals surface area contributed by atoms with E-state index in [4.69, 9.17) is 4.42 Å². The summed E-state index contributed by atoms with van der Waals surface area (Å²) in [6, 6.07) is 5.26. The molecule has 1 aliphatic heterocycles. The van der Waals surface area contributed by atoms with E-state index in [-0.39, 0.29) is 24.2 Å². The van der Waals surface area contributed by atoms with Crippen LogP contribution in [0.4, 0.5) is 0 Å². The van der Waals surface area contributed by atoms with E-state index >= 15 is 0 Å². The zero-order valence-corrected chi connectivity index (χ0v) is 14.6. The molecule has 0 aliphatic carbocycles. The zero-order chi connectivity index (χ0) is 18.0. The van der Waals surface area contributed by atoms with Crippen molar-refractivity contribution in [1.29, 1.82) is 0 Å². The summed E-state index contributed by atoms with van der Waals surface area (Å²) >= 11 is 0. The third kappa shape index (κ3) is 3.92. The normalized spacial score (nSPS) is 15.6. The molecule has 1 saturated heterocycles. The quantitative estimate of drug-likeness (QED) is 0.910. The van der Waals surface area contributed by atoms with Crippen molar-refractivity contribution in [2.75, 3.05) is 26.2 Å². The van der Waals surface area contributed by atoms with Crippen LogP contribution in [0.2, 0.25) is 0 Å². The molecule has 25 heavy (non-hydrogen) atoms. The topological polar surface area (TPSA) is 86.6 Å². The van der Waals surface area contributed by atoms with Crippen molar-refractivity contribution in [3.8, 4) is 0 Å². The Morgan fingerprint density at radius 3 is 2.64 bits per heavy atom. The molecule has 7 nitrogen and oxygen atoms in total. The summed E-state index contributed by atoms with van der Waals surface area (Å²) in [7, 11) is 0. The Hall–Kier alpha value is -2.57. The number of rotatable bonds is 3. The van der Waals surface area contributed by atoms with Crippen LogP contribution in [0.5, 0.6) is 0 Å². The Morgan fingerprint density at radius 2 is 1.88 bits per heavy atom. The Balaban J connectivity index is 1.64. The van der Waals surface area contributed by atoms with Crippen molar-refractivity contribution < 1.29 is 14.0 Å². The van der Waals surface area contributed by atoms with Crippen LogP contribution in [0.1, 0.15) is 25.8 Å². The summed E-state index contributed by atoms with van der Waals surface area (Å²) in [6.07, 6.45) is 1.06. The van der Waals surface area contributed by atoms with Crippen molar-refractivity contribution in [2.45, 2.75) is 26.7 Å². The Morgan fingerprint density at radius 1 is 1.16 bits per heavy atom. The fraction of sp³-hybridized carbons (Fsp3) is 0.500. The first kappa shape index (κ1) is 17.3. The van der Waals surface area contributed by atoms with Crippen molar-refractivity contribution in [3.05, 3.63) is 34.3 Å². The van der Waals surface area contributed by atoms with Gasteiger partial charge in [0.2, 0.25) is 11.8 Å². The highest BCUT2D eigenvalue weighted by atomic mass is 16.4. The van der Waals surface area contributed by atoms with Crippen molar-refractivity contribution in [3.63, 3.8) is 0 Å². The number of fused-ring (bicyclic) bond motifs is 1. The monoisotopic (exact) mass is 345 g/mol. The Kier molecular flexibility index (Phi) is 4.92. The number of hydrogen-bond acceptors (Lipinski definition) is 4. The second kappa shape index (κ2) is 7.13. The lowest BCUT2D eigenvalue weighted by Gasteiger charge is -2.23. The number of oxazole rings is 1. The van der Waals surface area contributed by atoms with Gasteiger partial charge in [0.1, 0.15) is 0 Å². The summed E-state index contributed by atoms with van der Waals surface area (Å²) in [4.78, 5) is 42.2. The van der Waals surface area contributed by atoms with Gasteiger partial charge in [0, 0.05) is 32.1 Å². The largest absolute Gasteiger partial charge is 0.417 e. The molecule has 0 atom stereocenters. The first-order chi connectivity index (χ1) is 11.9. The second-order valence-electron chi connectivity index (χ2n) is 6.74. The van der Waals surface area contributed by atoms with E-state index in [9.17, 15) is 14.4 Å². The molecule has 2 heterocycles. The number of nitrogens with zero attached hydrogens (tertiary/aromatic N) is 2. The van der Waals surface area contributed by atoms with Crippen LogP contribution in [0, 0.1) is 5.92 Å². The molecule has 134 valence electrons. The maximum atomic E-state index is 12.6. The summed E-state index contributed by atoms with van der Waals surface area (Å²) in [5.74, 6) is -0.347. The van der Waals surface area contributed by atoms with Crippen LogP contribution in [-0.4, -0.2) is 52.8 Å². The van der Waals surface area contributed by atoms with Gasteiger partial charge in [0.15, 0.2) is 5.58 Å². The number of H-pyrrole nitrogens is 1. The van der Waals surface area contributed by atoms with Crippen LogP contribution >= 0.6 is 0 Å². The number of aromatic nitrogens is 1. The molecular formula is C18H23N3O4. The highest BCUT2D eigenvalue weighted by Crippen LogP contribution is 2.14. The van der Waals surface area contributed by atoms with E-state index in [1.807, 2.05) is 23.6 Å². The lowest BCUT2D eigenvalue weighted by molar-refractivity contribution is -0.135. The van der Waals surface area contributed by atoms with E-state index in [1.165, 1.54) is 0 Å². The molecule has 2 aromatic rings. The number of carbonyl (C=O) groups excluding carboxylic acids is 2. The minimum atomic E-state index is -0.499. The SMILES string of the molecule is CC(C)C(=O)N1CCCN(C(=O)Cc2ccc3oc(=O)[nH]c3c2)CC1. The molecule has 2 amide bonds. The van der Waals surface area contributed by atoms with Gasteiger partial charge < -0.3 is 14.2 Å². The predicted octanol–water partition coefficient (Wildman–Crippen LogP) is 1.38. The maximum Gasteiger partial charge on any atom is 0.417 e. The van der Waals surface area contributed by atoms with Gasteiger partial charge in [-0.1, -0.05) is 19.9 Å². The highest BCUT2D eigenvalue weighted by molar-refractivity contribution is 5.81. The molecule has 0 unspecified atom stereocenters. The average Bonchev–Trinajstić information content (AvgIpc) is 2.78. The molecule has 1 aliphatic rings. The van der Waals surface area contributed by atoms with Crippen molar-refractivity contribution in [2.24, 2.45) is 5.92 Å². The van der Waals surface area contributed by atoms with Gasteiger partial charge in [-0.05, 0) is 24.1 Å². The minimum Gasteiger partial charge on any atom is -0.408 e. The first-order valence-corrected chi connectivity index (χ1v) is 8.62. The third-order valence-electron chi connectivity index (χ3n) is 4.49. The molecule has 1 aromatic carbocycles. The van der Waals surface area contributed by atoms with E-state index in [1.54, 1.807) is 18.2 Å². The molecule has 0 bridgehead atoms. The summed E-state index contributed by atoms with van der Waals surface area (Å²) in [5, 5.41) is 0. The number of hydrogen-bond donors (Lipinski definition) is 1. The lowest BCUT2D eigenvalue weighted by Crippen LogP contribution is -2.39. The Labute approximate surface area is 145 Å². The van der Waals surface area contributed by atoms with Gasteiger partial charge >= 0.3 is 5.76 Å². The minimum absolute atomic E-state index is 0.0221. The summed E-state index contributed by atoms with van der Waals surface area (Å²) < 4.78 is 4.97. The van der Waals surface area contributed by atoms with Crippen LogP contribution < -0.4 is 5.76 Å². The van der Waals surface area contributed by atoms with E-state index in [0.717, 1.165) is 12.0 Å². The molecule has 0 saturated carbocycles. The average molecular weight is 345 g/mol. The Bertz CT molecular complexity index is 836. The van der Waals surface area contributed by atoms with Crippen LogP contribution in [0.3, 0.4) is 0 Å². The highest BCUT2D eigenvalue weighted by Gasteiger charge is 2.23. The number of carbonyl (C=O) groups is 2. The van der Waals surface area contributed by atoms with Crippen LogP contribution in [-0.2, 0) is 16.0 Å². The van der Waals surface area contributed by atoms with Gasteiger partial charge in [-0.2, -0.15) is 0 Å². The van der Waals surface area contributed by atoms with Gasteiger partial charge in [-0.3, -0.25) is 14.6 Å². The molecule has 1 fully saturated rings. The molecular weight excluding hydrogens is 322 g/mol. The number of amides is 2. The zero-order valence-electron chi connectivity index (χ0n) is 14.6. The summed E-state index contributed by atoms with van der Waals surface area (Å²) in [5.41, 5.74) is 1.91. The smallest absolute Gasteiger partial charge is 0.408 e. The number of nitrogens with one attached hydrogen (secondary N) is 1. The third-order valence-corrected chi connectivity index (χ3v) is 4.49.